The van der Waals surface area contributed by atoms with Gasteiger partial charge in [-0.2, -0.15) is 0 Å². The number of rotatable bonds is 4. The third kappa shape index (κ3) is 2.60. The van der Waals surface area contributed by atoms with E-state index in [1.165, 1.54) is 0 Å². The van der Waals surface area contributed by atoms with Crippen LogP contribution >= 0.6 is 0 Å². The van der Waals surface area contributed by atoms with E-state index in [-0.39, 0.29) is 12.2 Å². The predicted octanol–water partition coefficient (Wildman–Crippen LogP) is 2.89. The van der Waals surface area contributed by atoms with E-state index in [1.807, 2.05) is 24.3 Å². The lowest BCUT2D eigenvalue weighted by Crippen LogP contribution is -2.26. The molecule has 1 aromatic rings. The lowest BCUT2D eigenvalue weighted by atomic mass is 10.0. The van der Waals surface area contributed by atoms with Crippen LogP contribution in [0.3, 0.4) is 0 Å². The van der Waals surface area contributed by atoms with Crippen LogP contribution in [0.15, 0.2) is 55.1 Å². The van der Waals surface area contributed by atoms with Crippen LogP contribution in [0.4, 0.5) is 0 Å². The van der Waals surface area contributed by atoms with E-state index >= 15 is 0 Å². The first-order valence-corrected chi connectivity index (χ1v) is 5.47. The molecule has 0 saturated heterocycles. The van der Waals surface area contributed by atoms with Gasteiger partial charge in [-0.05, 0) is 5.56 Å². The van der Waals surface area contributed by atoms with E-state index < -0.39 is 0 Å². The van der Waals surface area contributed by atoms with Gasteiger partial charge in [-0.15, -0.1) is 6.58 Å². The summed E-state index contributed by atoms with van der Waals surface area (Å²) in [6.07, 6.45) is 5.78. The molecule has 2 heteroatoms. The summed E-state index contributed by atoms with van der Waals surface area (Å²) in [5.74, 6) is 0. The van der Waals surface area contributed by atoms with Crippen LogP contribution in [0.5, 0.6) is 0 Å². The minimum absolute atomic E-state index is 0.00819. The molecule has 1 aliphatic rings. The molecule has 0 spiro atoms. The molecule has 16 heavy (non-hydrogen) atoms. The molecule has 1 aliphatic heterocycles. The number of ether oxygens (including phenoxy) is 2. The quantitative estimate of drug-likeness (QED) is 0.720. The van der Waals surface area contributed by atoms with E-state index in [4.69, 9.17) is 9.47 Å². The van der Waals surface area contributed by atoms with Gasteiger partial charge in [0, 0.05) is 0 Å². The average Bonchev–Trinajstić information content (AvgIpc) is 2.38. The minimum Gasteiger partial charge on any atom is -0.367 e. The van der Waals surface area contributed by atoms with Crippen LogP contribution in [-0.4, -0.2) is 19.3 Å². The summed E-state index contributed by atoms with van der Waals surface area (Å²) in [4.78, 5) is 0. The Morgan fingerprint density at radius 2 is 2.19 bits per heavy atom. The second kappa shape index (κ2) is 5.64. The molecule has 2 nitrogen and oxygen atoms in total. The van der Waals surface area contributed by atoms with Crippen LogP contribution in [0, 0.1) is 0 Å². The van der Waals surface area contributed by atoms with E-state index in [9.17, 15) is 0 Å². The van der Waals surface area contributed by atoms with E-state index in [1.54, 1.807) is 6.08 Å². The molecular weight excluding hydrogens is 200 g/mol. The second-order valence-corrected chi connectivity index (χ2v) is 3.68. The normalized spacial score (nSPS) is 24.2. The smallest absolute Gasteiger partial charge is 0.113 e. The molecule has 0 unspecified atom stereocenters. The van der Waals surface area contributed by atoms with Crippen LogP contribution in [0.25, 0.3) is 0 Å². The van der Waals surface area contributed by atoms with Crippen molar-refractivity contribution in [3.8, 4) is 0 Å². The summed E-state index contributed by atoms with van der Waals surface area (Å²) < 4.78 is 11.4. The molecule has 1 heterocycles. The molecule has 84 valence electrons. The molecule has 0 N–H and O–H groups in total. The summed E-state index contributed by atoms with van der Waals surface area (Å²) in [6.45, 7) is 4.84. The van der Waals surface area contributed by atoms with Gasteiger partial charge in [-0.25, -0.2) is 0 Å². The monoisotopic (exact) mass is 216 g/mol. The summed E-state index contributed by atoms with van der Waals surface area (Å²) in [7, 11) is 0. The Kier molecular flexibility index (Phi) is 3.91. The first kappa shape index (κ1) is 11.1. The third-order valence-corrected chi connectivity index (χ3v) is 2.53. The standard InChI is InChI=1S/C14H16O2/c1-2-10-15-13-9-6-11-16-14(13)12-7-4-3-5-8-12/h2-9,13-14H,1,10-11H2/t13-,14-/m1/s1. The van der Waals surface area contributed by atoms with E-state index in [0.29, 0.717) is 13.2 Å². The van der Waals surface area contributed by atoms with Crippen molar-refractivity contribution < 1.29 is 9.47 Å². The Morgan fingerprint density at radius 1 is 1.38 bits per heavy atom. The highest BCUT2D eigenvalue weighted by Crippen LogP contribution is 2.27. The van der Waals surface area contributed by atoms with Gasteiger partial charge in [-0.1, -0.05) is 48.6 Å². The fraction of sp³-hybridized carbons (Fsp3) is 0.286. The molecule has 2 rings (SSSR count). The largest absolute Gasteiger partial charge is 0.367 e. The van der Waals surface area contributed by atoms with Gasteiger partial charge in [0.05, 0.1) is 13.2 Å². The summed E-state index contributed by atoms with van der Waals surface area (Å²) >= 11 is 0. The molecule has 2 atom stereocenters. The zero-order valence-electron chi connectivity index (χ0n) is 9.21. The van der Waals surface area contributed by atoms with Crippen LogP contribution in [-0.2, 0) is 9.47 Å². The van der Waals surface area contributed by atoms with Crippen molar-refractivity contribution in [1.29, 1.82) is 0 Å². The molecular formula is C14H16O2. The number of hydrogen-bond acceptors (Lipinski definition) is 2. The molecule has 0 aliphatic carbocycles. The Morgan fingerprint density at radius 3 is 2.94 bits per heavy atom. The maximum absolute atomic E-state index is 5.73. The third-order valence-electron chi connectivity index (χ3n) is 2.53. The summed E-state index contributed by atoms with van der Waals surface area (Å²) in [5, 5.41) is 0. The van der Waals surface area contributed by atoms with Crippen molar-refractivity contribution in [2.45, 2.75) is 12.2 Å². The van der Waals surface area contributed by atoms with Gasteiger partial charge in [0.25, 0.3) is 0 Å². The molecule has 0 radical (unpaired) electrons. The Balaban J connectivity index is 2.12. The fourth-order valence-electron chi connectivity index (χ4n) is 1.80. The molecule has 0 amide bonds. The molecule has 0 aromatic heterocycles. The van der Waals surface area contributed by atoms with Crippen LogP contribution < -0.4 is 0 Å². The molecule has 1 aromatic carbocycles. The number of hydrogen-bond donors (Lipinski definition) is 0. The van der Waals surface area contributed by atoms with Gasteiger partial charge in [-0.3, -0.25) is 0 Å². The molecule has 0 fully saturated rings. The molecule has 0 saturated carbocycles. The van der Waals surface area contributed by atoms with Gasteiger partial charge >= 0.3 is 0 Å². The van der Waals surface area contributed by atoms with E-state index in [0.717, 1.165) is 5.56 Å². The first-order valence-electron chi connectivity index (χ1n) is 5.47. The van der Waals surface area contributed by atoms with Crippen LogP contribution in [0.2, 0.25) is 0 Å². The zero-order valence-corrected chi connectivity index (χ0v) is 9.21. The first-order chi connectivity index (χ1) is 7.92. The maximum atomic E-state index is 5.73. The van der Waals surface area contributed by atoms with Crippen molar-refractivity contribution in [3.63, 3.8) is 0 Å². The van der Waals surface area contributed by atoms with E-state index in [2.05, 4.69) is 24.8 Å². The number of benzene rings is 1. The van der Waals surface area contributed by atoms with Gasteiger partial charge in [0.2, 0.25) is 0 Å². The highest BCUT2D eigenvalue weighted by molar-refractivity contribution is 5.21. The van der Waals surface area contributed by atoms with Crippen molar-refractivity contribution in [1.82, 2.24) is 0 Å². The topological polar surface area (TPSA) is 18.5 Å². The minimum atomic E-state index is -0.0193. The maximum Gasteiger partial charge on any atom is 0.113 e. The summed E-state index contributed by atoms with van der Waals surface area (Å²) in [5.41, 5.74) is 1.15. The van der Waals surface area contributed by atoms with Gasteiger partial charge in [0.15, 0.2) is 0 Å². The lowest BCUT2D eigenvalue weighted by Gasteiger charge is -2.28. The SMILES string of the molecule is C=CCO[C@@H]1C=CCO[C@@H]1c1ccccc1. The van der Waals surface area contributed by atoms with Gasteiger partial charge in [0.1, 0.15) is 12.2 Å². The predicted molar refractivity (Wildman–Crippen MR) is 64.2 cm³/mol. The summed E-state index contributed by atoms with van der Waals surface area (Å²) in [6, 6.07) is 10.2. The zero-order chi connectivity index (χ0) is 11.2. The van der Waals surface area contributed by atoms with Gasteiger partial charge < -0.3 is 9.47 Å². The highest BCUT2D eigenvalue weighted by atomic mass is 16.5. The Hall–Kier alpha value is -1.38. The molecule has 0 bridgehead atoms. The Labute approximate surface area is 96.2 Å². The lowest BCUT2D eigenvalue weighted by molar-refractivity contribution is -0.0468. The second-order valence-electron chi connectivity index (χ2n) is 3.68. The Bertz CT molecular complexity index is 356. The van der Waals surface area contributed by atoms with Crippen molar-refractivity contribution in [2.24, 2.45) is 0 Å². The van der Waals surface area contributed by atoms with Crippen molar-refractivity contribution in [2.75, 3.05) is 13.2 Å². The van der Waals surface area contributed by atoms with Crippen molar-refractivity contribution in [3.05, 3.63) is 60.7 Å². The highest BCUT2D eigenvalue weighted by Gasteiger charge is 2.24. The van der Waals surface area contributed by atoms with Crippen LogP contribution in [0.1, 0.15) is 11.7 Å². The average molecular weight is 216 g/mol. The van der Waals surface area contributed by atoms with Crippen molar-refractivity contribution >= 4 is 0 Å². The fourth-order valence-corrected chi connectivity index (χ4v) is 1.80.